The zero-order valence-electron chi connectivity index (χ0n) is 29.4. The van der Waals surface area contributed by atoms with Gasteiger partial charge in [-0.25, -0.2) is 14.1 Å². The lowest BCUT2D eigenvalue weighted by molar-refractivity contribution is -0.187. The molecule has 1 fully saturated rings. The van der Waals surface area contributed by atoms with Crippen LogP contribution in [0.4, 0.5) is 28.0 Å². The Morgan fingerprint density at radius 3 is 2.33 bits per heavy atom. The Morgan fingerprint density at radius 1 is 0.981 bits per heavy atom. The summed E-state index contributed by atoms with van der Waals surface area (Å²) in [4.78, 5) is 53.0. The maximum absolute atomic E-state index is 13.7. The average molecular weight is 739 g/mol. The highest BCUT2D eigenvalue weighted by Crippen LogP contribution is 2.46. The number of ether oxygens (including phenoxy) is 4. The summed E-state index contributed by atoms with van der Waals surface area (Å²) < 4.78 is 76.3. The van der Waals surface area contributed by atoms with E-state index in [9.17, 15) is 36.7 Å². The zero-order valence-corrected chi connectivity index (χ0v) is 29.4. The molecule has 286 valence electrons. The van der Waals surface area contributed by atoms with E-state index in [-0.39, 0.29) is 30.9 Å². The first-order chi connectivity index (χ1) is 24.9. The second-order valence-electron chi connectivity index (χ2n) is 12.5. The minimum absolute atomic E-state index is 0.107. The molecule has 12 nitrogen and oxygen atoms in total. The standard InChI is InChI=1S/C36H46F4N4O8/c1-3-16-49-18-20-51-21-19-50-17-12-31(45)42-15-4-14-41-29-9-10-30-27(22-29)11-13-35(30)33(47)44(34(48)52-35)24-32(46)43(25(2)36(38,39)40)23-26-5-7-28(37)8-6-26/h5-10,22,25,41H,3-4,11-21,23-24H2,1-2H3,(H,42,45)/t25-,35+/m0/s1. The molecule has 52 heavy (non-hydrogen) atoms. The molecule has 2 aliphatic rings. The van der Waals surface area contributed by atoms with E-state index in [2.05, 4.69) is 10.6 Å². The van der Waals surface area contributed by atoms with Crippen LogP contribution in [0.15, 0.2) is 42.5 Å². The molecule has 0 radical (unpaired) electrons. The fourth-order valence-electron chi connectivity index (χ4n) is 5.88. The molecule has 0 bridgehead atoms. The van der Waals surface area contributed by atoms with E-state index in [0.717, 1.165) is 36.7 Å². The van der Waals surface area contributed by atoms with Crippen LogP contribution in [0.25, 0.3) is 0 Å². The van der Waals surface area contributed by atoms with Crippen LogP contribution < -0.4 is 10.6 Å². The highest BCUT2D eigenvalue weighted by atomic mass is 19.4. The van der Waals surface area contributed by atoms with E-state index < -0.39 is 54.6 Å². The SMILES string of the molecule is CCCOCCOCCOCCC(=O)NCCCNc1ccc2c(c1)CC[C@@]21OC(=O)N(CC(=O)N(Cc2ccc(F)cc2)[C@@H](C)C(F)(F)F)C1=O. The van der Waals surface area contributed by atoms with Crippen LogP contribution >= 0.6 is 0 Å². The third-order valence-electron chi connectivity index (χ3n) is 8.75. The monoisotopic (exact) mass is 738 g/mol. The normalized spacial score (nSPS) is 17.3. The number of aryl methyl sites for hydroxylation is 1. The number of alkyl halides is 3. The molecule has 1 heterocycles. The molecule has 4 rings (SSSR count). The predicted molar refractivity (Wildman–Crippen MR) is 181 cm³/mol. The summed E-state index contributed by atoms with van der Waals surface area (Å²) in [5.74, 6) is -2.67. The highest BCUT2D eigenvalue weighted by Gasteiger charge is 2.58. The fourth-order valence-corrected chi connectivity index (χ4v) is 5.88. The molecule has 1 aliphatic carbocycles. The molecule has 1 spiro atoms. The van der Waals surface area contributed by atoms with Crippen LogP contribution in [0.5, 0.6) is 0 Å². The Kier molecular flexibility index (Phi) is 14.8. The quantitative estimate of drug-likeness (QED) is 0.138. The first kappa shape index (κ1) is 40.5. The smallest absolute Gasteiger partial charge is 0.418 e. The van der Waals surface area contributed by atoms with Gasteiger partial charge in [0.25, 0.3) is 5.91 Å². The first-order valence-corrected chi connectivity index (χ1v) is 17.4. The Hall–Kier alpha value is -4.28. The lowest BCUT2D eigenvalue weighted by Crippen LogP contribution is -2.51. The van der Waals surface area contributed by atoms with Crippen molar-refractivity contribution in [3.05, 3.63) is 65.0 Å². The van der Waals surface area contributed by atoms with Gasteiger partial charge in [-0.3, -0.25) is 14.4 Å². The molecule has 2 atom stereocenters. The van der Waals surface area contributed by atoms with E-state index in [1.165, 1.54) is 12.1 Å². The van der Waals surface area contributed by atoms with Gasteiger partial charge in [-0.2, -0.15) is 13.2 Å². The number of carbonyl (C=O) groups is 4. The molecule has 2 N–H and O–H groups in total. The number of benzene rings is 2. The average Bonchev–Trinajstić information content (AvgIpc) is 3.59. The topological polar surface area (TPSA) is 136 Å². The summed E-state index contributed by atoms with van der Waals surface area (Å²) in [5, 5.41) is 6.10. The molecular formula is C36H46F4N4O8. The number of rotatable bonds is 21. The number of anilines is 1. The van der Waals surface area contributed by atoms with E-state index in [4.69, 9.17) is 18.9 Å². The summed E-state index contributed by atoms with van der Waals surface area (Å²) in [6.45, 7) is 5.21. The van der Waals surface area contributed by atoms with Crippen molar-refractivity contribution < 1.29 is 55.7 Å². The van der Waals surface area contributed by atoms with Crippen LogP contribution in [0.3, 0.4) is 0 Å². The lowest BCUT2D eigenvalue weighted by atomic mass is 9.94. The summed E-state index contributed by atoms with van der Waals surface area (Å²) in [6.07, 6.45) is -3.61. The maximum Gasteiger partial charge on any atom is 0.418 e. The van der Waals surface area contributed by atoms with Gasteiger partial charge in [-0.1, -0.05) is 25.1 Å². The van der Waals surface area contributed by atoms with Crippen molar-refractivity contribution in [2.45, 2.75) is 70.3 Å². The van der Waals surface area contributed by atoms with Crippen molar-refractivity contribution in [1.82, 2.24) is 15.1 Å². The lowest BCUT2D eigenvalue weighted by Gasteiger charge is -2.31. The van der Waals surface area contributed by atoms with Gasteiger partial charge < -0.3 is 34.5 Å². The minimum Gasteiger partial charge on any atom is -0.427 e. The van der Waals surface area contributed by atoms with Crippen molar-refractivity contribution in [3.8, 4) is 0 Å². The second-order valence-corrected chi connectivity index (χ2v) is 12.5. The van der Waals surface area contributed by atoms with Crippen LogP contribution in [0, 0.1) is 5.82 Å². The van der Waals surface area contributed by atoms with E-state index in [1.807, 2.05) is 13.0 Å². The van der Waals surface area contributed by atoms with Gasteiger partial charge in [0.1, 0.15) is 18.4 Å². The van der Waals surface area contributed by atoms with Gasteiger partial charge in [-0.05, 0) is 61.6 Å². The number of hydrogen-bond acceptors (Lipinski definition) is 9. The highest BCUT2D eigenvalue weighted by molar-refractivity contribution is 6.06. The van der Waals surface area contributed by atoms with Crippen LogP contribution in [0.1, 0.15) is 56.2 Å². The van der Waals surface area contributed by atoms with Gasteiger partial charge >= 0.3 is 12.3 Å². The van der Waals surface area contributed by atoms with Gasteiger partial charge in [0.2, 0.25) is 17.4 Å². The van der Waals surface area contributed by atoms with Gasteiger partial charge in [-0.15, -0.1) is 0 Å². The number of nitrogens with one attached hydrogen (secondary N) is 2. The molecule has 2 aromatic rings. The summed E-state index contributed by atoms with van der Waals surface area (Å²) in [7, 11) is 0. The number of imide groups is 1. The van der Waals surface area contributed by atoms with Gasteiger partial charge in [0.05, 0.1) is 33.0 Å². The van der Waals surface area contributed by atoms with Crippen molar-refractivity contribution >= 4 is 29.5 Å². The molecular weight excluding hydrogens is 692 g/mol. The predicted octanol–water partition coefficient (Wildman–Crippen LogP) is 4.69. The summed E-state index contributed by atoms with van der Waals surface area (Å²) >= 11 is 0. The third-order valence-corrected chi connectivity index (χ3v) is 8.75. The van der Waals surface area contributed by atoms with Crippen molar-refractivity contribution in [3.63, 3.8) is 0 Å². The number of carbonyl (C=O) groups excluding carboxylic acids is 4. The molecule has 16 heteroatoms. The van der Waals surface area contributed by atoms with E-state index in [1.54, 1.807) is 12.1 Å². The number of nitrogens with zero attached hydrogens (tertiary/aromatic N) is 2. The first-order valence-electron chi connectivity index (χ1n) is 17.4. The minimum atomic E-state index is -4.80. The Labute approximate surface area is 300 Å². The van der Waals surface area contributed by atoms with Crippen LogP contribution in [-0.2, 0) is 51.9 Å². The van der Waals surface area contributed by atoms with Crippen molar-refractivity contribution in [1.29, 1.82) is 0 Å². The van der Waals surface area contributed by atoms with Crippen molar-refractivity contribution in [2.24, 2.45) is 0 Å². The number of fused-ring (bicyclic) bond motifs is 2. The molecule has 0 unspecified atom stereocenters. The zero-order chi connectivity index (χ0) is 37.7. The van der Waals surface area contributed by atoms with Gasteiger partial charge in [0.15, 0.2) is 0 Å². The molecule has 2 aromatic carbocycles. The Morgan fingerprint density at radius 2 is 1.65 bits per heavy atom. The number of hydrogen-bond donors (Lipinski definition) is 2. The largest absolute Gasteiger partial charge is 0.427 e. The molecule has 1 saturated heterocycles. The van der Waals surface area contributed by atoms with Crippen molar-refractivity contribution in [2.75, 3.05) is 64.6 Å². The number of amides is 4. The molecule has 4 amide bonds. The molecule has 0 aromatic heterocycles. The van der Waals surface area contributed by atoms with Gasteiger partial charge in [0, 0.05) is 50.3 Å². The van der Waals surface area contributed by atoms with Crippen LogP contribution in [-0.4, -0.2) is 105 Å². The number of halogens is 4. The fraction of sp³-hybridized carbons (Fsp3) is 0.556. The Bertz CT molecular complexity index is 1530. The Balaban J connectivity index is 1.23. The van der Waals surface area contributed by atoms with Crippen LogP contribution in [0.2, 0.25) is 0 Å². The molecule has 0 saturated carbocycles. The third kappa shape index (κ3) is 10.9. The van der Waals surface area contributed by atoms with E-state index in [0.29, 0.717) is 74.3 Å². The summed E-state index contributed by atoms with van der Waals surface area (Å²) in [5.41, 5.74) is 0.481. The second kappa shape index (κ2) is 19.0. The molecule has 1 aliphatic heterocycles. The van der Waals surface area contributed by atoms with E-state index >= 15 is 0 Å². The summed E-state index contributed by atoms with van der Waals surface area (Å²) in [6, 6.07) is 7.57. The maximum atomic E-state index is 13.7.